The Bertz CT molecular complexity index is 1730. The van der Waals surface area contributed by atoms with Crippen molar-refractivity contribution >= 4 is 39.9 Å². The molecule has 5 atom stereocenters. The molecule has 3 fully saturated rings. The van der Waals surface area contributed by atoms with E-state index in [-0.39, 0.29) is 38.9 Å². The van der Waals surface area contributed by atoms with E-state index in [9.17, 15) is 36.8 Å². The number of nitrogens with zero attached hydrogens (tertiary/aromatic N) is 2. The summed E-state index contributed by atoms with van der Waals surface area (Å²) in [5.41, 5.74) is -1.36. The smallest absolute Gasteiger partial charge is 0.410 e. The van der Waals surface area contributed by atoms with Crippen molar-refractivity contribution in [3.63, 3.8) is 0 Å². The molecule has 3 N–H and O–H groups in total. The van der Waals surface area contributed by atoms with E-state index in [1.807, 2.05) is 12.2 Å². The highest BCUT2D eigenvalue weighted by atomic mass is 32.2. The molecule has 14 nitrogen and oxygen atoms in total. The quantitative estimate of drug-likeness (QED) is 0.384. The summed E-state index contributed by atoms with van der Waals surface area (Å²) in [6.07, 6.45) is 5.10. The number of halogens is 1. The van der Waals surface area contributed by atoms with Crippen molar-refractivity contribution in [1.29, 1.82) is 0 Å². The zero-order chi connectivity index (χ0) is 36.7. The second-order valence-electron chi connectivity index (χ2n) is 15.2. The number of allylic oxidation sites excluding steroid dienone is 1. The van der Waals surface area contributed by atoms with Gasteiger partial charge in [0.05, 0.1) is 18.3 Å². The van der Waals surface area contributed by atoms with Crippen molar-refractivity contribution in [3.8, 4) is 0 Å². The lowest BCUT2D eigenvalue weighted by Crippen LogP contribution is -2.58. The summed E-state index contributed by atoms with van der Waals surface area (Å²) in [6.45, 7) is 5.01. The van der Waals surface area contributed by atoms with Gasteiger partial charge in [-0.2, -0.15) is 0 Å². The molecule has 3 aliphatic heterocycles. The monoisotopic (exact) mass is 731 g/mol. The highest BCUT2D eigenvalue weighted by Crippen LogP contribution is 2.46. The number of carbonyl (C=O) groups is 5. The maximum atomic E-state index is 14.4. The van der Waals surface area contributed by atoms with E-state index < -0.39 is 86.2 Å². The first kappa shape index (κ1) is 36.6. The molecular formula is C35H46FN5O9S. The van der Waals surface area contributed by atoms with Gasteiger partial charge in [0.15, 0.2) is 0 Å². The highest BCUT2D eigenvalue weighted by Gasteiger charge is 2.62. The molecule has 5 aliphatic rings. The van der Waals surface area contributed by atoms with Crippen LogP contribution >= 0.6 is 0 Å². The first-order valence-corrected chi connectivity index (χ1v) is 19.2. The third-order valence-corrected chi connectivity index (χ3v) is 11.8. The lowest BCUT2D eigenvalue weighted by Gasteiger charge is -2.30. The number of hydrogen-bond donors (Lipinski definition) is 3. The normalized spacial score (nSPS) is 28.9. The van der Waals surface area contributed by atoms with Gasteiger partial charge < -0.3 is 25.0 Å². The first-order chi connectivity index (χ1) is 24.1. The number of fused-ring (bicyclic) bond motifs is 3. The largest absolute Gasteiger partial charge is 0.444 e. The van der Waals surface area contributed by atoms with Gasteiger partial charge in [-0.3, -0.25) is 24.0 Å². The second kappa shape index (κ2) is 14.1. The molecule has 0 bridgehead atoms. The molecule has 2 unspecified atom stereocenters. The first-order valence-electron chi connectivity index (χ1n) is 17.6. The number of alkyl carbamates (subject to hydrolysis) is 1. The Balaban J connectivity index is 1.25. The van der Waals surface area contributed by atoms with Crippen LogP contribution in [0.25, 0.3) is 0 Å². The van der Waals surface area contributed by atoms with Gasteiger partial charge in [-0.25, -0.2) is 22.4 Å². The van der Waals surface area contributed by atoms with Crippen molar-refractivity contribution < 1.29 is 46.3 Å². The predicted octanol–water partition coefficient (Wildman–Crippen LogP) is 3.14. The molecule has 0 spiro atoms. The zero-order valence-electron chi connectivity index (χ0n) is 29.1. The van der Waals surface area contributed by atoms with Crippen LogP contribution in [0.2, 0.25) is 0 Å². The van der Waals surface area contributed by atoms with Crippen LogP contribution in [0, 0.1) is 11.7 Å². The number of rotatable bonds is 5. The number of carbonyl (C=O) groups excluding carboxylic acids is 5. The van der Waals surface area contributed by atoms with Gasteiger partial charge in [0, 0.05) is 24.4 Å². The lowest BCUT2D eigenvalue weighted by molar-refractivity contribution is -0.141. The van der Waals surface area contributed by atoms with Crippen LogP contribution in [0.4, 0.5) is 14.0 Å². The minimum Gasteiger partial charge on any atom is -0.444 e. The predicted molar refractivity (Wildman–Crippen MR) is 180 cm³/mol. The fraction of sp³-hybridized carbons (Fsp3) is 0.629. The summed E-state index contributed by atoms with van der Waals surface area (Å²) in [4.78, 5) is 70.8. The van der Waals surface area contributed by atoms with Crippen molar-refractivity contribution in [1.82, 2.24) is 25.2 Å². The fourth-order valence-electron chi connectivity index (χ4n) is 7.02. The molecule has 51 heavy (non-hydrogen) atoms. The van der Waals surface area contributed by atoms with Crippen molar-refractivity contribution in [2.24, 2.45) is 5.92 Å². The molecule has 2 aliphatic carbocycles. The Morgan fingerprint density at radius 2 is 1.82 bits per heavy atom. The van der Waals surface area contributed by atoms with Crippen LogP contribution < -0.4 is 15.4 Å². The standard InChI is InChI=1S/C35H46FN5O9S/c1-34(2,3)50-32(45)37-27-13-8-6-4-5-7-11-22-17-35(22,31(44)39-51(47,48)24-14-15-24)38-29(42)28-16-23(19-41(28)30(27)43)49-33(46)40-18-21-10-9-12-26(36)25(21)20-40/h7,9-12,22-24,27-28H,4-6,8,13-20H2,1-3H3,(H,37,45)(H,38,42)(H,39,44)/b11-7-/t22-,23-,27+,28?,35?/m1/s1. The molecule has 0 aromatic heterocycles. The molecule has 1 aromatic rings. The number of amides is 5. The van der Waals surface area contributed by atoms with Gasteiger partial charge in [-0.1, -0.05) is 37.1 Å². The molecule has 278 valence electrons. The van der Waals surface area contributed by atoms with Crippen molar-refractivity contribution in [2.75, 3.05) is 6.54 Å². The van der Waals surface area contributed by atoms with Crippen LogP contribution in [0.15, 0.2) is 30.4 Å². The second-order valence-corrected chi connectivity index (χ2v) is 17.2. The van der Waals surface area contributed by atoms with E-state index in [0.29, 0.717) is 36.8 Å². The van der Waals surface area contributed by atoms with Crippen LogP contribution in [0.1, 0.15) is 89.7 Å². The SMILES string of the molecule is CC(C)(C)OC(=O)N[C@H]1CCCCC/C=C\[C@@H]2CC2(C(=O)NS(=O)(=O)C2CC2)NC(=O)C2C[C@@H](OC(=O)N3Cc4cccc(F)c4C3)CN2C1=O. The van der Waals surface area contributed by atoms with E-state index in [4.69, 9.17) is 9.47 Å². The number of ether oxygens (including phenoxy) is 2. The van der Waals surface area contributed by atoms with Gasteiger partial charge in [-0.15, -0.1) is 0 Å². The van der Waals surface area contributed by atoms with Gasteiger partial charge in [0.1, 0.15) is 35.1 Å². The maximum Gasteiger partial charge on any atom is 0.410 e. The van der Waals surface area contributed by atoms with E-state index in [2.05, 4.69) is 15.4 Å². The van der Waals surface area contributed by atoms with Crippen LogP contribution in [-0.2, 0) is 47.0 Å². The molecule has 5 amide bonds. The van der Waals surface area contributed by atoms with Crippen LogP contribution in [-0.4, -0.2) is 89.2 Å². The van der Waals surface area contributed by atoms with Gasteiger partial charge in [0.2, 0.25) is 21.8 Å². The molecule has 2 saturated carbocycles. The third kappa shape index (κ3) is 8.31. The molecule has 1 aromatic carbocycles. The molecule has 1 saturated heterocycles. The Kier molecular flexibility index (Phi) is 10.1. The van der Waals surface area contributed by atoms with E-state index >= 15 is 0 Å². The Morgan fingerprint density at radius 1 is 1.06 bits per heavy atom. The van der Waals surface area contributed by atoms with E-state index in [1.165, 1.54) is 15.9 Å². The Morgan fingerprint density at radius 3 is 2.53 bits per heavy atom. The minimum absolute atomic E-state index is 0.00168. The third-order valence-electron chi connectivity index (χ3n) is 9.99. The molecule has 16 heteroatoms. The van der Waals surface area contributed by atoms with E-state index in [1.54, 1.807) is 32.9 Å². The molecule has 6 rings (SSSR count). The average Bonchev–Trinajstić information content (AvgIpc) is 3.93. The average molecular weight is 732 g/mol. The van der Waals surface area contributed by atoms with Crippen LogP contribution in [0.3, 0.4) is 0 Å². The molecular weight excluding hydrogens is 685 g/mol. The van der Waals surface area contributed by atoms with Crippen molar-refractivity contribution in [2.45, 2.75) is 126 Å². The Hall–Kier alpha value is -4.21. The summed E-state index contributed by atoms with van der Waals surface area (Å²) >= 11 is 0. The van der Waals surface area contributed by atoms with Gasteiger partial charge in [0.25, 0.3) is 5.91 Å². The molecule has 3 heterocycles. The zero-order valence-corrected chi connectivity index (χ0v) is 29.9. The summed E-state index contributed by atoms with van der Waals surface area (Å²) in [6, 6.07) is 2.30. The Labute approximate surface area is 296 Å². The summed E-state index contributed by atoms with van der Waals surface area (Å²) in [7, 11) is -3.92. The van der Waals surface area contributed by atoms with Crippen molar-refractivity contribution in [3.05, 3.63) is 47.3 Å². The number of benzene rings is 1. The fourth-order valence-corrected chi connectivity index (χ4v) is 8.39. The van der Waals surface area contributed by atoms with E-state index in [0.717, 1.165) is 12.8 Å². The topological polar surface area (TPSA) is 181 Å². The van der Waals surface area contributed by atoms with Crippen LogP contribution in [0.5, 0.6) is 0 Å². The lowest BCUT2D eigenvalue weighted by atomic mass is 10.0. The summed E-state index contributed by atoms with van der Waals surface area (Å²) in [5.74, 6) is -3.06. The van der Waals surface area contributed by atoms with Gasteiger partial charge >= 0.3 is 12.2 Å². The number of nitrogens with one attached hydrogen (secondary N) is 3. The summed E-state index contributed by atoms with van der Waals surface area (Å²) < 4.78 is 53.3. The molecule has 0 radical (unpaired) electrons. The number of sulfonamides is 1. The van der Waals surface area contributed by atoms with Gasteiger partial charge in [-0.05, 0) is 70.9 Å². The minimum atomic E-state index is -3.92. The summed E-state index contributed by atoms with van der Waals surface area (Å²) in [5, 5.41) is 4.79. The maximum absolute atomic E-state index is 14.4. The highest BCUT2D eigenvalue weighted by molar-refractivity contribution is 7.91. The number of hydrogen-bond acceptors (Lipinski definition) is 9.